The summed E-state index contributed by atoms with van der Waals surface area (Å²) in [6, 6.07) is 15.4. The van der Waals surface area contributed by atoms with E-state index in [1.165, 1.54) is 0 Å². The third-order valence-electron chi connectivity index (χ3n) is 3.63. The Morgan fingerprint density at radius 1 is 1.12 bits per heavy atom. The Balaban J connectivity index is 1.75. The van der Waals surface area contributed by atoms with Crippen molar-refractivity contribution in [3.05, 3.63) is 59.7 Å². The van der Waals surface area contributed by atoms with Crippen LogP contribution in [0.15, 0.2) is 48.5 Å². The summed E-state index contributed by atoms with van der Waals surface area (Å²) in [7, 11) is 1.70. The summed E-state index contributed by atoms with van der Waals surface area (Å²) in [5.74, 6) is 0.516. The minimum absolute atomic E-state index is 0.0153. The minimum atomic E-state index is -0.174. The lowest BCUT2D eigenvalue weighted by atomic mass is 10.2. The summed E-state index contributed by atoms with van der Waals surface area (Å²) < 4.78 is 10.6. The smallest absolute Gasteiger partial charge is 0.262 e. The van der Waals surface area contributed by atoms with Gasteiger partial charge in [0.15, 0.2) is 6.61 Å². The van der Waals surface area contributed by atoms with Gasteiger partial charge in [-0.3, -0.25) is 4.79 Å². The molecular formula is C20H26N2O3. The highest BCUT2D eigenvalue weighted by atomic mass is 16.5. The fourth-order valence-corrected chi connectivity index (χ4v) is 2.30. The Kier molecular flexibility index (Phi) is 7.95. The summed E-state index contributed by atoms with van der Waals surface area (Å²) in [4.78, 5) is 12.0. The number of carbonyl (C=O) groups excluding carboxylic acids is 1. The Morgan fingerprint density at radius 2 is 1.92 bits per heavy atom. The maximum absolute atomic E-state index is 12.0. The Morgan fingerprint density at radius 3 is 2.68 bits per heavy atom. The molecule has 0 spiro atoms. The molecule has 5 nitrogen and oxygen atoms in total. The van der Waals surface area contributed by atoms with Crippen molar-refractivity contribution in [2.45, 2.75) is 19.9 Å². The normalized spacial score (nSPS) is 10.5. The molecule has 0 bridgehead atoms. The predicted molar refractivity (Wildman–Crippen MR) is 99.9 cm³/mol. The van der Waals surface area contributed by atoms with E-state index in [1.54, 1.807) is 7.11 Å². The first-order valence-corrected chi connectivity index (χ1v) is 8.45. The lowest BCUT2D eigenvalue weighted by molar-refractivity contribution is -0.118. The van der Waals surface area contributed by atoms with E-state index in [-0.39, 0.29) is 12.5 Å². The molecule has 0 aromatic heterocycles. The molecule has 0 aliphatic carbocycles. The van der Waals surface area contributed by atoms with Gasteiger partial charge in [-0.25, -0.2) is 0 Å². The number of amides is 1. The molecule has 0 saturated carbocycles. The number of methoxy groups -OCH3 is 1. The van der Waals surface area contributed by atoms with E-state index in [9.17, 15) is 4.79 Å². The van der Waals surface area contributed by atoms with Crippen molar-refractivity contribution in [2.75, 3.05) is 32.2 Å². The highest BCUT2D eigenvalue weighted by Gasteiger charge is 2.04. The average Bonchev–Trinajstić information content (AvgIpc) is 2.62. The third-order valence-corrected chi connectivity index (χ3v) is 3.63. The van der Waals surface area contributed by atoms with Gasteiger partial charge in [0.1, 0.15) is 5.75 Å². The van der Waals surface area contributed by atoms with Gasteiger partial charge in [0.2, 0.25) is 0 Å². The lowest BCUT2D eigenvalue weighted by Gasteiger charge is -2.10. The van der Waals surface area contributed by atoms with Crippen LogP contribution < -0.4 is 15.4 Å². The monoisotopic (exact) mass is 342 g/mol. The number of nitrogens with one attached hydrogen (secondary N) is 2. The standard InChI is InChI=1S/C20H26N2O3/c1-16-7-9-18(10-8-16)22-20(23)15-25-19-6-3-5-17(13-19)14-21-11-4-12-24-2/h3,5-10,13,21H,4,11-12,14-15H2,1-2H3,(H,22,23). The summed E-state index contributed by atoms with van der Waals surface area (Å²) >= 11 is 0. The van der Waals surface area contributed by atoms with Gasteiger partial charge < -0.3 is 20.1 Å². The van der Waals surface area contributed by atoms with Crippen LogP contribution in [0.1, 0.15) is 17.5 Å². The number of hydrogen-bond donors (Lipinski definition) is 2. The van der Waals surface area contributed by atoms with Crippen LogP contribution in [0.3, 0.4) is 0 Å². The van der Waals surface area contributed by atoms with Gasteiger partial charge in [-0.05, 0) is 49.7 Å². The molecule has 2 aromatic rings. The van der Waals surface area contributed by atoms with Crippen molar-refractivity contribution >= 4 is 11.6 Å². The van der Waals surface area contributed by atoms with Crippen molar-refractivity contribution in [2.24, 2.45) is 0 Å². The van der Waals surface area contributed by atoms with Crippen molar-refractivity contribution < 1.29 is 14.3 Å². The molecule has 5 heteroatoms. The van der Waals surface area contributed by atoms with Crippen molar-refractivity contribution in [1.82, 2.24) is 5.32 Å². The van der Waals surface area contributed by atoms with Crippen LogP contribution in [0.4, 0.5) is 5.69 Å². The van der Waals surface area contributed by atoms with E-state index in [0.717, 1.165) is 42.9 Å². The molecule has 2 aromatic carbocycles. The molecule has 1 amide bonds. The Bertz CT molecular complexity index is 656. The second kappa shape index (κ2) is 10.5. The van der Waals surface area contributed by atoms with E-state index in [0.29, 0.717) is 5.75 Å². The van der Waals surface area contributed by atoms with E-state index in [2.05, 4.69) is 10.6 Å². The first-order chi connectivity index (χ1) is 12.2. The molecular weight excluding hydrogens is 316 g/mol. The quantitative estimate of drug-likeness (QED) is 0.651. The van der Waals surface area contributed by atoms with Gasteiger partial charge in [-0.1, -0.05) is 29.8 Å². The van der Waals surface area contributed by atoms with Crippen LogP contribution in [-0.4, -0.2) is 32.8 Å². The van der Waals surface area contributed by atoms with Crippen LogP contribution in [0.25, 0.3) is 0 Å². The van der Waals surface area contributed by atoms with E-state index in [1.807, 2.05) is 55.5 Å². The zero-order chi connectivity index (χ0) is 17.9. The largest absolute Gasteiger partial charge is 0.484 e. The van der Waals surface area contributed by atoms with Gasteiger partial charge >= 0.3 is 0 Å². The number of rotatable bonds is 10. The molecule has 0 aliphatic heterocycles. The number of carbonyl (C=O) groups is 1. The fraction of sp³-hybridized carbons (Fsp3) is 0.350. The zero-order valence-corrected chi connectivity index (χ0v) is 14.9. The molecule has 2 N–H and O–H groups in total. The topological polar surface area (TPSA) is 59.6 Å². The van der Waals surface area contributed by atoms with Gasteiger partial charge in [0.05, 0.1) is 0 Å². The van der Waals surface area contributed by atoms with Crippen molar-refractivity contribution in [1.29, 1.82) is 0 Å². The van der Waals surface area contributed by atoms with E-state index >= 15 is 0 Å². The summed E-state index contributed by atoms with van der Waals surface area (Å²) in [5.41, 5.74) is 3.05. The van der Waals surface area contributed by atoms with Crippen molar-refractivity contribution in [3.63, 3.8) is 0 Å². The summed E-state index contributed by atoms with van der Waals surface area (Å²) in [6.45, 7) is 4.41. The summed E-state index contributed by atoms with van der Waals surface area (Å²) in [6.07, 6.45) is 0.978. The molecule has 0 heterocycles. The molecule has 0 unspecified atom stereocenters. The second-order valence-electron chi connectivity index (χ2n) is 5.87. The molecule has 0 radical (unpaired) electrons. The van der Waals surface area contributed by atoms with E-state index in [4.69, 9.17) is 9.47 Å². The number of hydrogen-bond acceptors (Lipinski definition) is 4. The summed E-state index contributed by atoms with van der Waals surface area (Å²) in [5, 5.41) is 6.17. The number of anilines is 1. The van der Waals surface area contributed by atoms with Crippen LogP contribution >= 0.6 is 0 Å². The van der Waals surface area contributed by atoms with Crippen LogP contribution in [0.2, 0.25) is 0 Å². The number of benzene rings is 2. The van der Waals surface area contributed by atoms with Gasteiger partial charge in [0.25, 0.3) is 5.91 Å². The SMILES string of the molecule is COCCCNCc1cccc(OCC(=O)Nc2ccc(C)cc2)c1. The minimum Gasteiger partial charge on any atom is -0.484 e. The maximum atomic E-state index is 12.0. The molecule has 0 atom stereocenters. The van der Waals surface area contributed by atoms with Crippen molar-refractivity contribution in [3.8, 4) is 5.75 Å². The maximum Gasteiger partial charge on any atom is 0.262 e. The fourth-order valence-electron chi connectivity index (χ4n) is 2.30. The molecule has 0 fully saturated rings. The molecule has 0 aliphatic rings. The molecule has 0 saturated heterocycles. The lowest BCUT2D eigenvalue weighted by Crippen LogP contribution is -2.20. The molecule has 2 rings (SSSR count). The predicted octanol–water partition coefficient (Wildman–Crippen LogP) is 3.14. The highest BCUT2D eigenvalue weighted by Crippen LogP contribution is 2.14. The van der Waals surface area contributed by atoms with Gasteiger partial charge in [-0.2, -0.15) is 0 Å². The van der Waals surface area contributed by atoms with Gasteiger partial charge in [-0.15, -0.1) is 0 Å². The van der Waals surface area contributed by atoms with E-state index < -0.39 is 0 Å². The number of ether oxygens (including phenoxy) is 2. The molecule has 134 valence electrons. The Labute approximate surface area is 149 Å². The van der Waals surface area contributed by atoms with Crippen LogP contribution in [0.5, 0.6) is 5.75 Å². The first-order valence-electron chi connectivity index (χ1n) is 8.45. The zero-order valence-electron chi connectivity index (χ0n) is 14.9. The number of aryl methyl sites for hydroxylation is 1. The first kappa shape index (κ1) is 19.0. The van der Waals surface area contributed by atoms with Gasteiger partial charge in [0, 0.05) is 25.9 Å². The van der Waals surface area contributed by atoms with Crippen LogP contribution in [-0.2, 0) is 16.1 Å². The highest BCUT2D eigenvalue weighted by molar-refractivity contribution is 5.91. The van der Waals surface area contributed by atoms with Crippen LogP contribution in [0, 0.1) is 6.92 Å². The molecule has 25 heavy (non-hydrogen) atoms. The average molecular weight is 342 g/mol. The third kappa shape index (κ3) is 7.37. The Hall–Kier alpha value is -2.37. The second-order valence-corrected chi connectivity index (χ2v) is 5.87.